The molecule has 36 heavy (non-hydrogen) atoms. The molecule has 0 saturated heterocycles. The van der Waals surface area contributed by atoms with Gasteiger partial charge in [0.1, 0.15) is 21.8 Å². The highest BCUT2D eigenvalue weighted by Crippen LogP contribution is 2.33. The topological polar surface area (TPSA) is 101 Å². The van der Waals surface area contributed by atoms with Crippen molar-refractivity contribution >= 4 is 33.6 Å². The number of fused-ring (bicyclic) bond motifs is 1. The van der Waals surface area contributed by atoms with Crippen LogP contribution in [0.5, 0.6) is 0 Å². The van der Waals surface area contributed by atoms with Crippen LogP contribution in [-0.4, -0.2) is 24.1 Å². The number of aryl methyl sites for hydroxylation is 2. The second kappa shape index (κ2) is 10.1. The molecule has 4 aromatic heterocycles. The fourth-order valence-electron chi connectivity index (χ4n) is 3.93. The van der Waals surface area contributed by atoms with Crippen LogP contribution in [0.25, 0.3) is 33.4 Å². The monoisotopic (exact) mass is 515 g/mol. The fraction of sp³-hybridized carbons (Fsp3) is 0.111. The SMILES string of the molecule is Cc1ccc(S(=O)NCc2c[nH]c3nc(-c4ccccc4)c(-c4cc(C)nc(Cl)c4)cc3c2=O)cn1. The number of aromatic nitrogens is 4. The molecular weight excluding hydrogens is 494 g/mol. The van der Waals surface area contributed by atoms with E-state index in [2.05, 4.69) is 19.7 Å². The molecule has 0 aliphatic heterocycles. The standard InChI is InChI=1S/C27H22ClN5O2S/c1-16-8-9-21(15-29-16)36(35)31-14-20-13-30-27-23(26(20)34)12-22(19-10-17(2)32-24(28)11-19)25(33-27)18-6-4-3-5-7-18/h3-13,15,31H,14H2,1-2H3,(H,30,33,34). The second-order valence-electron chi connectivity index (χ2n) is 8.33. The summed E-state index contributed by atoms with van der Waals surface area (Å²) in [6.45, 7) is 3.84. The van der Waals surface area contributed by atoms with Crippen molar-refractivity contribution in [2.75, 3.05) is 0 Å². The predicted octanol–water partition coefficient (Wildman–Crippen LogP) is 5.13. The Hall–Kier alpha value is -3.72. The number of H-pyrrole nitrogens is 1. The molecule has 9 heteroatoms. The smallest absolute Gasteiger partial charge is 0.195 e. The number of nitrogens with one attached hydrogen (secondary N) is 2. The van der Waals surface area contributed by atoms with Crippen LogP contribution in [0, 0.1) is 13.8 Å². The van der Waals surface area contributed by atoms with Crippen LogP contribution in [0.15, 0.2) is 82.7 Å². The molecule has 1 aromatic carbocycles. The highest BCUT2D eigenvalue weighted by Gasteiger charge is 2.16. The molecule has 0 fully saturated rings. The van der Waals surface area contributed by atoms with Crippen molar-refractivity contribution in [3.05, 3.63) is 105 Å². The first kappa shape index (κ1) is 24.0. The molecular formula is C27H22ClN5O2S. The van der Waals surface area contributed by atoms with E-state index in [1.54, 1.807) is 30.6 Å². The summed E-state index contributed by atoms with van der Waals surface area (Å²) in [6, 6.07) is 18.8. The zero-order chi connectivity index (χ0) is 25.2. The Labute approximate surface area is 215 Å². The van der Waals surface area contributed by atoms with Crippen LogP contribution in [0.1, 0.15) is 17.0 Å². The van der Waals surface area contributed by atoms with Crippen LogP contribution in [0.2, 0.25) is 5.15 Å². The molecule has 1 atom stereocenters. The Morgan fingerprint density at radius 1 is 0.972 bits per heavy atom. The Morgan fingerprint density at radius 3 is 2.50 bits per heavy atom. The van der Waals surface area contributed by atoms with Gasteiger partial charge in [-0.05, 0) is 49.7 Å². The minimum absolute atomic E-state index is 0.113. The molecule has 4 heterocycles. The van der Waals surface area contributed by atoms with Gasteiger partial charge in [-0.25, -0.2) is 18.9 Å². The molecule has 0 saturated carbocycles. The quantitative estimate of drug-likeness (QED) is 0.305. The molecule has 0 bridgehead atoms. The van der Waals surface area contributed by atoms with E-state index < -0.39 is 11.0 Å². The second-order valence-corrected chi connectivity index (χ2v) is 10.0. The fourth-order valence-corrected chi connectivity index (χ4v) is 4.98. The third-order valence-electron chi connectivity index (χ3n) is 5.71. The highest BCUT2D eigenvalue weighted by molar-refractivity contribution is 7.83. The van der Waals surface area contributed by atoms with E-state index in [0.717, 1.165) is 33.8 Å². The van der Waals surface area contributed by atoms with Gasteiger partial charge in [-0.1, -0.05) is 41.9 Å². The molecule has 180 valence electrons. The van der Waals surface area contributed by atoms with E-state index in [-0.39, 0.29) is 12.0 Å². The van der Waals surface area contributed by atoms with Crippen molar-refractivity contribution in [2.24, 2.45) is 0 Å². The molecule has 0 aliphatic rings. The Bertz CT molecular complexity index is 1630. The number of pyridine rings is 4. The lowest BCUT2D eigenvalue weighted by molar-refractivity contribution is 0.671. The lowest BCUT2D eigenvalue weighted by Crippen LogP contribution is -2.22. The minimum atomic E-state index is -1.50. The normalized spacial score (nSPS) is 12.1. The lowest BCUT2D eigenvalue weighted by atomic mass is 9.98. The number of hydrogen-bond acceptors (Lipinski definition) is 5. The molecule has 5 rings (SSSR count). The number of halogens is 1. The van der Waals surface area contributed by atoms with Crippen molar-refractivity contribution < 1.29 is 4.21 Å². The highest BCUT2D eigenvalue weighted by atomic mass is 35.5. The number of benzene rings is 1. The van der Waals surface area contributed by atoms with Crippen LogP contribution >= 0.6 is 11.6 Å². The summed E-state index contributed by atoms with van der Waals surface area (Å²) in [6.07, 6.45) is 3.17. The van der Waals surface area contributed by atoms with Crippen molar-refractivity contribution in [1.82, 2.24) is 24.7 Å². The van der Waals surface area contributed by atoms with Crippen LogP contribution < -0.4 is 10.2 Å². The average molecular weight is 516 g/mol. The molecule has 2 N–H and O–H groups in total. The van der Waals surface area contributed by atoms with Crippen molar-refractivity contribution in [3.8, 4) is 22.4 Å². The van der Waals surface area contributed by atoms with Gasteiger partial charge < -0.3 is 4.98 Å². The predicted molar refractivity (Wildman–Crippen MR) is 143 cm³/mol. The number of nitrogens with zero attached hydrogens (tertiary/aromatic N) is 3. The minimum Gasteiger partial charge on any atom is -0.346 e. The molecule has 0 spiro atoms. The summed E-state index contributed by atoms with van der Waals surface area (Å²) in [7, 11) is -1.50. The van der Waals surface area contributed by atoms with Gasteiger partial charge in [0, 0.05) is 47.0 Å². The Morgan fingerprint density at radius 2 is 1.78 bits per heavy atom. The first-order valence-corrected chi connectivity index (χ1v) is 12.7. The first-order chi connectivity index (χ1) is 17.4. The van der Waals surface area contributed by atoms with E-state index in [0.29, 0.717) is 26.6 Å². The average Bonchev–Trinajstić information content (AvgIpc) is 2.88. The summed E-state index contributed by atoms with van der Waals surface area (Å²) in [5.74, 6) is 0. The van der Waals surface area contributed by atoms with Gasteiger partial charge in [0.15, 0.2) is 5.43 Å². The Balaban J connectivity index is 1.58. The third kappa shape index (κ3) is 4.97. The van der Waals surface area contributed by atoms with E-state index in [1.807, 2.05) is 56.3 Å². The van der Waals surface area contributed by atoms with E-state index in [4.69, 9.17) is 16.6 Å². The summed E-state index contributed by atoms with van der Waals surface area (Å²) in [4.78, 5) is 30.4. The molecule has 7 nitrogen and oxygen atoms in total. The molecule has 5 aromatic rings. The Kier molecular flexibility index (Phi) is 6.73. The van der Waals surface area contributed by atoms with Gasteiger partial charge in [0.25, 0.3) is 0 Å². The van der Waals surface area contributed by atoms with Gasteiger partial charge in [0.2, 0.25) is 0 Å². The maximum Gasteiger partial charge on any atom is 0.195 e. The lowest BCUT2D eigenvalue weighted by Gasteiger charge is -2.13. The van der Waals surface area contributed by atoms with Gasteiger partial charge in [-0.3, -0.25) is 9.78 Å². The van der Waals surface area contributed by atoms with Crippen LogP contribution in [0.3, 0.4) is 0 Å². The maximum absolute atomic E-state index is 13.4. The molecule has 0 aliphatic carbocycles. The van der Waals surface area contributed by atoms with Crippen LogP contribution in [0.4, 0.5) is 0 Å². The maximum atomic E-state index is 13.4. The van der Waals surface area contributed by atoms with Gasteiger partial charge in [0.05, 0.1) is 16.0 Å². The van der Waals surface area contributed by atoms with Crippen molar-refractivity contribution in [2.45, 2.75) is 25.3 Å². The zero-order valence-corrected chi connectivity index (χ0v) is 21.2. The number of hydrogen-bond donors (Lipinski definition) is 2. The largest absolute Gasteiger partial charge is 0.346 e. The summed E-state index contributed by atoms with van der Waals surface area (Å²) in [5.41, 5.74) is 5.53. The van der Waals surface area contributed by atoms with Crippen LogP contribution in [-0.2, 0) is 17.5 Å². The third-order valence-corrected chi connectivity index (χ3v) is 6.98. The molecule has 0 amide bonds. The summed E-state index contributed by atoms with van der Waals surface area (Å²) >= 11 is 6.26. The summed E-state index contributed by atoms with van der Waals surface area (Å²) in [5, 5.41) is 0.793. The van der Waals surface area contributed by atoms with Crippen molar-refractivity contribution in [3.63, 3.8) is 0 Å². The van der Waals surface area contributed by atoms with Gasteiger partial charge in [-0.2, -0.15) is 0 Å². The van der Waals surface area contributed by atoms with Gasteiger partial charge in [-0.15, -0.1) is 0 Å². The zero-order valence-electron chi connectivity index (χ0n) is 19.6. The van der Waals surface area contributed by atoms with Gasteiger partial charge >= 0.3 is 0 Å². The molecule has 0 radical (unpaired) electrons. The number of rotatable bonds is 6. The number of aromatic amines is 1. The summed E-state index contributed by atoms with van der Waals surface area (Å²) < 4.78 is 15.5. The van der Waals surface area contributed by atoms with E-state index in [1.165, 1.54) is 0 Å². The van der Waals surface area contributed by atoms with E-state index >= 15 is 0 Å². The molecule has 1 unspecified atom stereocenters. The van der Waals surface area contributed by atoms with E-state index in [9.17, 15) is 9.00 Å². The first-order valence-electron chi connectivity index (χ1n) is 11.2. The van der Waals surface area contributed by atoms with Crippen molar-refractivity contribution in [1.29, 1.82) is 0 Å².